The van der Waals surface area contributed by atoms with Crippen LogP contribution in [-0.4, -0.2) is 187 Å². The molecule has 73 heavy (non-hydrogen) atoms. The van der Waals surface area contributed by atoms with E-state index in [0.29, 0.717) is 64.8 Å². The van der Waals surface area contributed by atoms with Crippen LogP contribution in [0.5, 0.6) is 0 Å². The Hall–Kier alpha value is -3.36. The van der Waals surface area contributed by atoms with Gasteiger partial charge in [0.25, 0.3) is 0 Å². The fraction of sp³-hybridized carbons (Fsp3) is 0.855. The fourth-order valence-electron chi connectivity index (χ4n) is 12.5. The molecule has 1 unspecified atom stereocenters. The molecule has 4 saturated heterocycles. The number of alkyl carbamates (subject to hydrolysis) is 2. The van der Waals surface area contributed by atoms with Crippen molar-refractivity contribution in [2.24, 2.45) is 29.1 Å². The van der Waals surface area contributed by atoms with Crippen molar-refractivity contribution in [2.45, 2.75) is 192 Å². The summed E-state index contributed by atoms with van der Waals surface area (Å²) < 4.78 is 49.9. The first kappa shape index (κ1) is 58.9. The highest BCUT2D eigenvalue weighted by Gasteiger charge is 2.73. The first-order valence-electron chi connectivity index (χ1n) is 27.0. The van der Waals surface area contributed by atoms with Gasteiger partial charge in [0.05, 0.1) is 37.3 Å². The topological polar surface area (TPSA) is 210 Å². The number of nitrogens with zero attached hydrogens (tertiary/aromatic N) is 2. The van der Waals surface area contributed by atoms with Crippen molar-refractivity contribution < 1.29 is 57.1 Å². The van der Waals surface area contributed by atoms with Crippen LogP contribution in [-0.2, 0) is 47.5 Å². The molecule has 15 atom stereocenters. The first-order chi connectivity index (χ1) is 34.2. The van der Waals surface area contributed by atoms with Gasteiger partial charge in [0.2, 0.25) is 11.8 Å². The number of allylic oxidation sites excluding steroid dienone is 2. The van der Waals surface area contributed by atoms with Crippen molar-refractivity contribution in [3.63, 3.8) is 0 Å². The lowest BCUT2D eigenvalue weighted by molar-refractivity contribution is -0.126. The quantitative estimate of drug-likeness (QED) is 0.0462. The molecule has 6 rings (SSSR count). The van der Waals surface area contributed by atoms with Gasteiger partial charge in [0.1, 0.15) is 58.9 Å². The van der Waals surface area contributed by atoms with Gasteiger partial charge in [0.15, 0.2) is 0 Å². The van der Waals surface area contributed by atoms with Gasteiger partial charge in [0, 0.05) is 33.9 Å². The summed E-state index contributed by atoms with van der Waals surface area (Å²) in [5.74, 6) is -1.35. The number of methoxy groups -OCH3 is 2. The molecule has 2 spiro atoms. The molecule has 4 amide bonds. The maximum Gasteiger partial charge on any atom is 0.408 e. The number of nitrogens with one attached hydrogen (secondary N) is 4. The number of ether oxygens (including phenoxy) is 8. The van der Waals surface area contributed by atoms with Crippen LogP contribution in [0.25, 0.3) is 0 Å². The Morgan fingerprint density at radius 3 is 1.64 bits per heavy atom. The van der Waals surface area contributed by atoms with E-state index in [9.17, 15) is 19.2 Å². The van der Waals surface area contributed by atoms with Gasteiger partial charge in [-0.15, -0.1) is 0 Å². The summed E-state index contributed by atoms with van der Waals surface area (Å²) in [6.07, 6.45) is 5.91. The SMILES string of the molecule is CO[C@@H]1[C@H](OC(=O)N[C@@H](C(=O)NCC(C)(C)CN(C)C)C(C)C)CC[C@]2(CO2)[C@H]1[C@@]1(C)O[C@@H]1CC=C(C)CC(C)[C@@H](NC(=O)O[C@@H]1CC[C@]2(CO2)[C@@H]([C@@]2(C)O[C@@H]2CC=C(C)C)[C@@H]1OC)C(=O)NCCCN(C)C. The molecule has 0 aromatic rings. The average molecular weight is 1030 g/mol. The lowest BCUT2D eigenvalue weighted by atomic mass is 9.68. The van der Waals surface area contributed by atoms with E-state index in [1.54, 1.807) is 14.2 Å². The molecule has 4 aliphatic heterocycles. The number of hydrogen-bond acceptors (Lipinski definition) is 14. The molecule has 416 valence electrons. The van der Waals surface area contributed by atoms with E-state index < -0.39 is 65.5 Å². The highest BCUT2D eigenvalue weighted by Crippen LogP contribution is 2.61. The third-order valence-corrected chi connectivity index (χ3v) is 16.5. The van der Waals surface area contributed by atoms with E-state index in [4.69, 9.17) is 37.9 Å². The summed E-state index contributed by atoms with van der Waals surface area (Å²) in [7, 11) is 11.3. The van der Waals surface area contributed by atoms with Crippen molar-refractivity contribution in [1.29, 1.82) is 0 Å². The second-order valence-electron chi connectivity index (χ2n) is 24.6. The smallest absolute Gasteiger partial charge is 0.408 e. The van der Waals surface area contributed by atoms with E-state index in [2.05, 4.69) is 84.8 Å². The highest BCUT2D eigenvalue weighted by atomic mass is 16.6. The highest BCUT2D eigenvalue weighted by molar-refractivity contribution is 5.86. The van der Waals surface area contributed by atoms with Gasteiger partial charge in [-0.2, -0.15) is 0 Å². The number of carbonyl (C=O) groups excluding carboxylic acids is 4. The molecule has 2 aliphatic carbocycles. The van der Waals surface area contributed by atoms with Crippen molar-refractivity contribution in [3.05, 3.63) is 23.3 Å². The Morgan fingerprint density at radius 1 is 0.726 bits per heavy atom. The molecule has 0 aromatic carbocycles. The van der Waals surface area contributed by atoms with Crippen LogP contribution in [0.2, 0.25) is 0 Å². The number of epoxide rings is 4. The molecular weight excluding hydrogens is 937 g/mol. The van der Waals surface area contributed by atoms with Crippen LogP contribution in [0.4, 0.5) is 9.59 Å². The minimum atomic E-state index is -0.870. The number of hydrogen-bond donors (Lipinski definition) is 4. The lowest BCUT2D eigenvalue weighted by Gasteiger charge is -2.42. The third-order valence-electron chi connectivity index (χ3n) is 16.5. The summed E-state index contributed by atoms with van der Waals surface area (Å²) in [5.41, 5.74) is 0.187. The van der Waals surface area contributed by atoms with Gasteiger partial charge in [-0.25, -0.2) is 9.59 Å². The molecule has 18 heteroatoms. The standard InChI is InChI=1S/C55H94N6O12/c1-33(2)18-20-39-52(9,72-39)45-44(67-16)38(23-25-54(45)31-68-54)71-50(65)59-42(48(63)56-26-17-27-60(11)12)36(6)28-35(5)19-21-40-53(10,73-40)46-43(66-15)37(22-24-55(46)32-69-55)70-49(64)58-41(34(3)4)47(62)57-29-51(7,8)30-61(13)14/h18-19,34,36-46H,17,20-32H2,1-16H3,(H,56,63)(H,57,62)(H,58,64)(H,59,65)/t36?,37-,38-,39-,40-,41-,42-,43-,44-,45-,46-,52+,53+,54+,55+/m1/s1. The molecule has 6 fully saturated rings. The predicted octanol–water partition coefficient (Wildman–Crippen LogP) is 5.76. The number of carbonyl (C=O) groups is 4. The zero-order chi connectivity index (χ0) is 53.8. The van der Waals surface area contributed by atoms with Crippen LogP contribution in [0, 0.1) is 29.1 Å². The second-order valence-corrected chi connectivity index (χ2v) is 24.6. The Bertz CT molecular complexity index is 1980. The Labute approximate surface area is 436 Å². The molecule has 0 radical (unpaired) electrons. The van der Waals surface area contributed by atoms with E-state index in [1.165, 1.54) is 5.57 Å². The van der Waals surface area contributed by atoms with E-state index in [1.807, 2.05) is 55.9 Å². The summed E-state index contributed by atoms with van der Waals surface area (Å²) in [6, 6.07) is -1.65. The third kappa shape index (κ3) is 14.6. The van der Waals surface area contributed by atoms with Crippen molar-refractivity contribution in [2.75, 3.05) is 81.8 Å². The predicted molar refractivity (Wildman–Crippen MR) is 278 cm³/mol. The van der Waals surface area contributed by atoms with E-state index >= 15 is 0 Å². The van der Waals surface area contributed by atoms with Crippen LogP contribution < -0.4 is 21.3 Å². The zero-order valence-electron chi connectivity index (χ0n) is 47.3. The normalized spacial score (nSPS) is 34.8. The van der Waals surface area contributed by atoms with Crippen molar-refractivity contribution in [1.82, 2.24) is 31.1 Å². The maximum atomic E-state index is 14.0. The minimum absolute atomic E-state index is 0.0178. The number of amides is 4. The molecule has 4 N–H and O–H groups in total. The van der Waals surface area contributed by atoms with Crippen molar-refractivity contribution >= 4 is 24.0 Å². The average Bonchev–Trinajstić information content (AvgIpc) is 4.19. The van der Waals surface area contributed by atoms with E-state index in [0.717, 1.165) is 31.5 Å². The van der Waals surface area contributed by atoms with Crippen LogP contribution in [0.15, 0.2) is 23.3 Å². The van der Waals surface area contributed by atoms with Crippen LogP contribution in [0.1, 0.15) is 121 Å². The van der Waals surface area contributed by atoms with Crippen molar-refractivity contribution in [3.8, 4) is 0 Å². The Morgan fingerprint density at radius 2 is 1.21 bits per heavy atom. The molecule has 2 saturated carbocycles. The monoisotopic (exact) mass is 1030 g/mol. The molecule has 6 aliphatic rings. The van der Waals surface area contributed by atoms with Gasteiger partial charge in [-0.05, 0) is 138 Å². The van der Waals surface area contributed by atoms with Gasteiger partial charge in [-0.3, -0.25) is 9.59 Å². The molecule has 0 bridgehead atoms. The largest absolute Gasteiger partial charge is 0.443 e. The summed E-state index contributed by atoms with van der Waals surface area (Å²) in [4.78, 5) is 59.0. The maximum absolute atomic E-state index is 14.0. The van der Waals surface area contributed by atoms with Crippen LogP contribution >= 0.6 is 0 Å². The summed E-state index contributed by atoms with van der Waals surface area (Å²) in [6.45, 7) is 24.0. The second kappa shape index (κ2) is 23.9. The first-order valence-corrected chi connectivity index (χ1v) is 27.0. The van der Waals surface area contributed by atoms with Gasteiger partial charge in [-0.1, -0.05) is 57.9 Å². The lowest BCUT2D eigenvalue weighted by Crippen LogP contribution is -2.57. The molecule has 18 nitrogen and oxygen atoms in total. The Balaban J connectivity index is 1.07. The fourth-order valence-corrected chi connectivity index (χ4v) is 12.5. The summed E-state index contributed by atoms with van der Waals surface area (Å²) in [5, 5.41) is 11.9. The molecule has 0 aromatic heterocycles. The van der Waals surface area contributed by atoms with Gasteiger partial charge < -0.3 is 69.0 Å². The Kier molecular flexibility index (Phi) is 19.3. The zero-order valence-corrected chi connectivity index (χ0v) is 47.3. The molecule has 4 heterocycles. The molecular formula is C55H94N6O12. The van der Waals surface area contributed by atoms with Crippen LogP contribution in [0.3, 0.4) is 0 Å². The van der Waals surface area contributed by atoms with E-state index in [-0.39, 0.29) is 58.7 Å². The minimum Gasteiger partial charge on any atom is -0.443 e. The summed E-state index contributed by atoms with van der Waals surface area (Å²) >= 11 is 0. The van der Waals surface area contributed by atoms with Gasteiger partial charge >= 0.3 is 12.2 Å². The number of rotatable bonds is 26.